The van der Waals surface area contributed by atoms with Crippen molar-refractivity contribution < 1.29 is 51.5 Å². The number of hydrogen-bond donors (Lipinski definition) is 0. The largest absolute Gasteiger partial charge is 0.534 e. The quantitative estimate of drug-likeness (QED) is 0.139. The van der Waals surface area contributed by atoms with E-state index < -0.39 is 53.9 Å². The van der Waals surface area contributed by atoms with Gasteiger partial charge in [-0.05, 0) is 33.7 Å². The van der Waals surface area contributed by atoms with Gasteiger partial charge in [0.05, 0.1) is 41.0 Å². The molecule has 0 heterocycles. The fourth-order valence-corrected chi connectivity index (χ4v) is 5.83. The molecular weight excluding hydrogens is 651 g/mol. The van der Waals surface area contributed by atoms with Crippen molar-refractivity contribution >= 4 is 103 Å². The van der Waals surface area contributed by atoms with Crippen molar-refractivity contribution in [3.8, 4) is 22.6 Å². The van der Waals surface area contributed by atoms with Crippen LogP contribution in [-0.4, -0.2) is 68.8 Å². The van der Waals surface area contributed by atoms with Gasteiger partial charge in [0.15, 0.2) is 11.5 Å². The van der Waals surface area contributed by atoms with Crippen LogP contribution in [0.4, 0.5) is 26.3 Å². The van der Waals surface area contributed by atoms with Crippen LogP contribution >= 0.6 is 0 Å². The molecule has 12 radical (unpaired) electrons. The number of halogens is 6. The number of benzene rings is 4. The third-order valence-corrected chi connectivity index (χ3v) is 8.80. The first-order valence-corrected chi connectivity index (χ1v) is 15.1. The minimum Gasteiger partial charge on any atom is -0.375 e. The van der Waals surface area contributed by atoms with Gasteiger partial charge in [0.1, 0.15) is 0 Å². The minimum absolute atomic E-state index is 0.0263. The lowest BCUT2D eigenvalue weighted by atomic mass is 9.92. The van der Waals surface area contributed by atoms with Gasteiger partial charge in [-0.2, -0.15) is 43.2 Å². The maximum atomic E-state index is 13.3. The highest BCUT2D eigenvalue weighted by atomic mass is 32.2. The fourth-order valence-electron chi connectivity index (χ4n) is 3.78. The van der Waals surface area contributed by atoms with Gasteiger partial charge in [0, 0.05) is 11.1 Å². The van der Waals surface area contributed by atoms with Gasteiger partial charge < -0.3 is 8.37 Å². The molecular formula is C22H8F6O6S2Si4. The summed E-state index contributed by atoms with van der Waals surface area (Å²) >= 11 is 0. The van der Waals surface area contributed by atoms with Crippen molar-refractivity contribution in [1.29, 1.82) is 0 Å². The highest BCUT2D eigenvalue weighted by molar-refractivity contribution is 7.88. The molecule has 202 valence electrons. The Morgan fingerprint density at radius 2 is 0.850 bits per heavy atom. The third-order valence-electron chi connectivity index (χ3n) is 5.42. The van der Waals surface area contributed by atoms with E-state index in [0.717, 1.165) is 12.1 Å². The fraction of sp³-hybridized carbons (Fsp3) is 0.0909. The van der Waals surface area contributed by atoms with Crippen LogP contribution in [0.25, 0.3) is 32.7 Å². The summed E-state index contributed by atoms with van der Waals surface area (Å²) in [4.78, 5) is 0. The summed E-state index contributed by atoms with van der Waals surface area (Å²) in [6.07, 6.45) is 0. The Morgan fingerprint density at radius 3 is 1.15 bits per heavy atom. The molecule has 4 aromatic carbocycles. The van der Waals surface area contributed by atoms with Crippen LogP contribution in [0.5, 0.6) is 11.5 Å². The van der Waals surface area contributed by atoms with E-state index in [1.54, 1.807) is 0 Å². The molecule has 18 heteroatoms. The van der Waals surface area contributed by atoms with Gasteiger partial charge in [-0.3, -0.25) is 0 Å². The van der Waals surface area contributed by atoms with Crippen LogP contribution in [0, 0.1) is 0 Å². The summed E-state index contributed by atoms with van der Waals surface area (Å²) in [5.41, 5.74) is -12.8. The van der Waals surface area contributed by atoms with Gasteiger partial charge in [-0.15, -0.1) is 0 Å². The lowest BCUT2D eigenvalue weighted by molar-refractivity contribution is -0.0505. The maximum absolute atomic E-state index is 13.3. The van der Waals surface area contributed by atoms with Crippen molar-refractivity contribution in [1.82, 2.24) is 0 Å². The molecule has 40 heavy (non-hydrogen) atoms. The summed E-state index contributed by atoms with van der Waals surface area (Å²) in [6.45, 7) is 0. The van der Waals surface area contributed by atoms with Crippen LogP contribution in [0.1, 0.15) is 0 Å². The molecule has 0 aliphatic rings. The molecule has 0 saturated carbocycles. The molecule has 0 aromatic heterocycles. The van der Waals surface area contributed by atoms with Crippen LogP contribution in [0.3, 0.4) is 0 Å². The van der Waals surface area contributed by atoms with Crippen molar-refractivity contribution in [2.24, 2.45) is 0 Å². The summed E-state index contributed by atoms with van der Waals surface area (Å²) in [5, 5.41) is 1.45. The van der Waals surface area contributed by atoms with Gasteiger partial charge in [0.25, 0.3) is 0 Å². The maximum Gasteiger partial charge on any atom is 0.534 e. The van der Waals surface area contributed by atoms with E-state index in [4.69, 9.17) is 0 Å². The molecule has 0 N–H and O–H groups in total. The first-order valence-electron chi connectivity index (χ1n) is 10.3. The zero-order valence-corrected chi connectivity index (χ0v) is 24.8. The van der Waals surface area contributed by atoms with Gasteiger partial charge in [0.2, 0.25) is 0 Å². The van der Waals surface area contributed by atoms with Crippen LogP contribution in [0.2, 0.25) is 0 Å². The topological polar surface area (TPSA) is 86.7 Å². The first kappa shape index (κ1) is 30.3. The number of alkyl halides is 6. The zero-order chi connectivity index (χ0) is 30.0. The summed E-state index contributed by atoms with van der Waals surface area (Å²) in [7, 11) is 0.396. The lowest BCUT2D eigenvalue weighted by Crippen LogP contribution is -2.29. The monoisotopic (exact) mass is 658 g/mol. The molecule has 6 nitrogen and oxygen atoms in total. The highest BCUT2D eigenvalue weighted by Crippen LogP contribution is 2.46. The molecule has 0 bridgehead atoms. The zero-order valence-electron chi connectivity index (χ0n) is 19.2. The second-order valence-electron chi connectivity index (χ2n) is 8.08. The standard InChI is InChI=1S/C22H8F6O6S2Si4/c23-21(24,25)35(29,30)33-15-7-17(39)13-5-9(37)1-3-11(13)19(15)20-12-4-2-10(38)6-14(12)18(40)8-16(20)34-36(31,32)22(26,27)28/h1-8H. The number of rotatable bonds is 5. The van der Waals surface area contributed by atoms with E-state index >= 15 is 0 Å². The second-order valence-corrected chi connectivity index (χ2v) is 13.4. The van der Waals surface area contributed by atoms with E-state index in [1.165, 1.54) is 36.4 Å². The van der Waals surface area contributed by atoms with Crippen molar-refractivity contribution in [3.63, 3.8) is 0 Å². The predicted molar refractivity (Wildman–Crippen MR) is 140 cm³/mol. The molecule has 0 saturated heterocycles. The second kappa shape index (κ2) is 10.0. The van der Waals surface area contributed by atoms with E-state index in [1.807, 2.05) is 0 Å². The Balaban J connectivity index is 2.24. The third kappa shape index (κ3) is 5.47. The van der Waals surface area contributed by atoms with Crippen molar-refractivity contribution in [2.75, 3.05) is 0 Å². The Morgan fingerprint density at radius 1 is 0.525 bits per heavy atom. The molecule has 0 unspecified atom stereocenters. The molecule has 0 amide bonds. The molecule has 0 aliphatic heterocycles. The van der Waals surface area contributed by atoms with Gasteiger partial charge in [-0.25, -0.2) is 0 Å². The van der Waals surface area contributed by atoms with Crippen molar-refractivity contribution in [2.45, 2.75) is 11.0 Å². The highest BCUT2D eigenvalue weighted by Gasteiger charge is 2.50. The summed E-state index contributed by atoms with van der Waals surface area (Å²) in [5.74, 6) is -1.95. The van der Waals surface area contributed by atoms with E-state index in [0.29, 0.717) is 10.4 Å². The van der Waals surface area contributed by atoms with Crippen molar-refractivity contribution in [3.05, 3.63) is 48.5 Å². The summed E-state index contributed by atoms with van der Waals surface area (Å²) in [6, 6.07) is 10.1. The van der Waals surface area contributed by atoms with Crippen LogP contribution < -0.4 is 29.1 Å². The van der Waals surface area contributed by atoms with Gasteiger partial charge in [-0.1, -0.05) is 57.1 Å². The molecule has 0 fully saturated rings. The minimum atomic E-state index is -6.30. The normalized spacial score (nSPS) is 13.2. The summed E-state index contributed by atoms with van der Waals surface area (Å²) < 4.78 is 137. The average molecular weight is 659 g/mol. The number of fused-ring (bicyclic) bond motifs is 2. The van der Waals surface area contributed by atoms with E-state index in [2.05, 4.69) is 49.3 Å². The molecule has 4 rings (SSSR count). The smallest absolute Gasteiger partial charge is 0.375 e. The Hall–Kier alpha value is -2.65. The van der Waals surface area contributed by atoms with Gasteiger partial charge >= 0.3 is 31.3 Å². The Kier molecular flexibility index (Phi) is 7.59. The molecule has 4 aromatic rings. The number of hydrogen-bond acceptors (Lipinski definition) is 6. The van der Waals surface area contributed by atoms with Crippen LogP contribution in [0.15, 0.2) is 48.5 Å². The predicted octanol–water partition coefficient (Wildman–Crippen LogP) is 1.29. The molecule has 0 atom stereocenters. The van der Waals surface area contributed by atoms with Crippen LogP contribution in [-0.2, 0) is 20.2 Å². The molecule has 0 spiro atoms. The first-order chi connectivity index (χ1) is 18.2. The lowest BCUT2D eigenvalue weighted by Gasteiger charge is -2.22. The Bertz CT molecular complexity index is 1770. The van der Waals surface area contributed by atoms with E-state index in [-0.39, 0.29) is 31.9 Å². The average Bonchev–Trinajstić information content (AvgIpc) is 2.79. The molecule has 0 aliphatic carbocycles. The van der Waals surface area contributed by atoms with E-state index in [9.17, 15) is 43.2 Å². The SMILES string of the molecule is O=S(=O)(Oc1cc([Si])c2cc([Si])ccc2c1-c1c(OS(=O)(=O)C(F)(F)F)cc([Si])c2cc([Si])ccc12)C(F)(F)F. The Labute approximate surface area is 236 Å².